The molecular weight excluding hydrogens is 254 g/mol. The zero-order valence-electron chi connectivity index (χ0n) is 11.7. The van der Waals surface area contributed by atoms with Crippen LogP contribution in [0.1, 0.15) is 15.9 Å². The van der Waals surface area contributed by atoms with Crippen LogP contribution in [0.5, 0.6) is 5.75 Å². The van der Waals surface area contributed by atoms with Crippen molar-refractivity contribution in [2.75, 3.05) is 24.8 Å². The number of aromatic nitrogens is 1. The van der Waals surface area contributed by atoms with E-state index in [0.29, 0.717) is 11.4 Å². The van der Waals surface area contributed by atoms with Crippen LogP contribution >= 0.6 is 0 Å². The summed E-state index contributed by atoms with van der Waals surface area (Å²) < 4.78 is 5.14. The predicted octanol–water partition coefficient (Wildman–Crippen LogP) is 2.69. The summed E-state index contributed by atoms with van der Waals surface area (Å²) in [6.45, 7) is 1.92. The number of anilines is 2. The van der Waals surface area contributed by atoms with Crippen LogP contribution in [0.2, 0.25) is 0 Å². The number of benzene rings is 1. The molecule has 5 heteroatoms. The monoisotopic (exact) mass is 271 g/mol. The number of methoxy groups -OCH3 is 1. The van der Waals surface area contributed by atoms with Gasteiger partial charge in [-0.05, 0) is 42.8 Å². The number of carbonyl (C=O) groups is 1. The van der Waals surface area contributed by atoms with Crippen LogP contribution in [0.3, 0.4) is 0 Å². The molecule has 0 bridgehead atoms. The lowest BCUT2D eigenvalue weighted by Crippen LogP contribution is -2.15. The molecule has 0 aliphatic rings. The number of carbonyl (C=O) groups excluding carboxylic acids is 1. The van der Waals surface area contributed by atoms with Gasteiger partial charge in [0.2, 0.25) is 0 Å². The molecule has 0 saturated heterocycles. The van der Waals surface area contributed by atoms with E-state index in [1.807, 2.05) is 25.1 Å². The number of pyridine rings is 1. The first-order valence-electron chi connectivity index (χ1n) is 6.24. The van der Waals surface area contributed by atoms with Crippen LogP contribution in [-0.2, 0) is 0 Å². The van der Waals surface area contributed by atoms with Gasteiger partial charge in [-0.25, -0.2) is 4.98 Å². The molecule has 104 valence electrons. The van der Waals surface area contributed by atoms with Crippen LogP contribution in [0.4, 0.5) is 11.5 Å². The lowest BCUT2D eigenvalue weighted by Gasteiger charge is -2.11. The quantitative estimate of drug-likeness (QED) is 0.897. The highest BCUT2D eigenvalue weighted by Gasteiger charge is 2.12. The van der Waals surface area contributed by atoms with E-state index < -0.39 is 0 Å². The van der Waals surface area contributed by atoms with E-state index in [4.69, 9.17) is 4.74 Å². The van der Waals surface area contributed by atoms with Gasteiger partial charge < -0.3 is 15.4 Å². The van der Waals surface area contributed by atoms with Gasteiger partial charge in [-0.3, -0.25) is 4.79 Å². The van der Waals surface area contributed by atoms with Gasteiger partial charge in [-0.2, -0.15) is 0 Å². The first kappa shape index (κ1) is 13.9. The average Bonchev–Trinajstić information content (AvgIpc) is 2.49. The van der Waals surface area contributed by atoms with E-state index in [1.54, 1.807) is 32.5 Å². The van der Waals surface area contributed by atoms with E-state index in [0.717, 1.165) is 17.0 Å². The molecule has 5 nitrogen and oxygen atoms in total. The van der Waals surface area contributed by atoms with E-state index in [1.165, 1.54) is 0 Å². The summed E-state index contributed by atoms with van der Waals surface area (Å²) in [5.41, 5.74) is 2.19. The van der Waals surface area contributed by atoms with Crippen LogP contribution in [-0.4, -0.2) is 25.0 Å². The summed E-state index contributed by atoms with van der Waals surface area (Å²) in [4.78, 5) is 16.4. The van der Waals surface area contributed by atoms with Crippen molar-refractivity contribution in [1.82, 2.24) is 4.98 Å². The van der Waals surface area contributed by atoms with Crippen molar-refractivity contribution in [2.24, 2.45) is 0 Å². The molecular formula is C15H17N3O2. The van der Waals surface area contributed by atoms with Crippen LogP contribution < -0.4 is 15.4 Å². The van der Waals surface area contributed by atoms with Crippen molar-refractivity contribution in [3.8, 4) is 5.75 Å². The molecule has 0 aliphatic carbocycles. The van der Waals surface area contributed by atoms with Gasteiger partial charge in [-0.1, -0.05) is 0 Å². The van der Waals surface area contributed by atoms with Crippen LogP contribution in [0.25, 0.3) is 0 Å². The third-order valence-electron chi connectivity index (χ3n) is 2.97. The zero-order chi connectivity index (χ0) is 14.5. The Morgan fingerprint density at radius 3 is 2.75 bits per heavy atom. The first-order chi connectivity index (χ1) is 9.65. The minimum absolute atomic E-state index is 0.198. The Morgan fingerprint density at radius 2 is 2.10 bits per heavy atom. The van der Waals surface area contributed by atoms with Gasteiger partial charge in [0.15, 0.2) is 0 Å². The molecule has 1 heterocycles. The Hall–Kier alpha value is -2.56. The normalized spacial score (nSPS) is 9.95. The highest BCUT2D eigenvalue weighted by molar-refractivity contribution is 6.07. The Balaban J connectivity index is 2.23. The third kappa shape index (κ3) is 2.88. The molecule has 1 aromatic carbocycles. The van der Waals surface area contributed by atoms with E-state index >= 15 is 0 Å². The second kappa shape index (κ2) is 6.06. The number of amides is 1. The largest absolute Gasteiger partial charge is 0.497 e. The fourth-order valence-corrected chi connectivity index (χ4v) is 1.88. The maximum absolute atomic E-state index is 12.3. The molecule has 1 aromatic heterocycles. The number of nitrogens with one attached hydrogen (secondary N) is 2. The summed E-state index contributed by atoms with van der Waals surface area (Å²) in [6, 6.07) is 8.97. The molecule has 0 saturated carbocycles. The molecule has 0 radical (unpaired) electrons. The van der Waals surface area contributed by atoms with Gasteiger partial charge in [0.25, 0.3) is 5.91 Å². The maximum Gasteiger partial charge on any atom is 0.259 e. The molecule has 2 aromatic rings. The van der Waals surface area contributed by atoms with Gasteiger partial charge >= 0.3 is 0 Å². The van der Waals surface area contributed by atoms with Gasteiger partial charge in [0.05, 0.1) is 12.7 Å². The van der Waals surface area contributed by atoms with E-state index in [9.17, 15) is 4.79 Å². The Kier molecular flexibility index (Phi) is 4.20. The van der Waals surface area contributed by atoms with Crippen molar-refractivity contribution in [1.29, 1.82) is 0 Å². The molecule has 0 spiro atoms. The van der Waals surface area contributed by atoms with Crippen molar-refractivity contribution in [3.63, 3.8) is 0 Å². The maximum atomic E-state index is 12.3. The van der Waals surface area contributed by atoms with Crippen molar-refractivity contribution in [3.05, 3.63) is 47.7 Å². The molecule has 20 heavy (non-hydrogen) atoms. The highest BCUT2D eigenvalue weighted by Crippen LogP contribution is 2.22. The lowest BCUT2D eigenvalue weighted by atomic mass is 10.1. The Labute approximate surface area is 118 Å². The molecule has 1 amide bonds. The highest BCUT2D eigenvalue weighted by atomic mass is 16.5. The minimum Gasteiger partial charge on any atom is -0.497 e. The first-order valence-corrected chi connectivity index (χ1v) is 6.24. The summed E-state index contributed by atoms with van der Waals surface area (Å²) >= 11 is 0. The zero-order valence-corrected chi connectivity index (χ0v) is 11.7. The molecule has 0 aliphatic heterocycles. The minimum atomic E-state index is -0.198. The van der Waals surface area contributed by atoms with Crippen molar-refractivity contribution < 1.29 is 9.53 Å². The number of hydrogen-bond acceptors (Lipinski definition) is 4. The fourth-order valence-electron chi connectivity index (χ4n) is 1.88. The topological polar surface area (TPSA) is 63.2 Å². The smallest absolute Gasteiger partial charge is 0.259 e. The van der Waals surface area contributed by atoms with Crippen LogP contribution in [0, 0.1) is 6.92 Å². The lowest BCUT2D eigenvalue weighted by molar-refractivity contribution is 0.102. The molecule has 2 N–H and O–H groups in total. The molecule has 0 unspecified atom stereocenters. The van der Waals surface area contributed by atoms with Crippen molar-refractivity contribution >= 4 is 17.4 Å². The second-order valence-electron chi connectivity index (χ2n) is 4.28. The summed E-state index contributed by atoms with van der Waals surface area (Å²) in [7, 11) is 3.35. The molecule has 0 atom stereocenters. The summed E-state index contributed by atoms with van der Waals surface area (Å²) in [5.74, 6) is 1.12. The Bertz CT molecular complexity index is 626. The molecule has 0 fully saturated rings. The van der Waals surface area contributed by atoms with E-state index in [2.05, 4.69) is 15.6 Å². The third-order valence-corrected chi connectivity index (χ3v) is 2.97. The average molecular weight is 271 g/mol. The van der Waals surface area contributed by atoms with Crippen molar-refractivity contribution in [2.45, 2.75) is 6.92 Å². The van der Waals surface area contributed by atoms with Crippen LogP contribution in [0.15, 0.2) is 36.5 Å². The van der Waals surface area contributed by atoms with E-state index in [-0.39, 0.29) is 5.91 Å². The number of hydrogen-bond donors (Lipinski definition) is 2. The number of nitrogens with zero attached hydrogens (tertiary/aromatic N) is 1. The standard InChI is InChI=1S/C15H17N3O2/c1-10-9-11(20-3)6-7-13(10)18-15(19)12-5-4-8-17-14(12)16-2/h4-9H,1-3H3,(H,16,17)(H,18,19). The SMILES string of the molecule is CNc1ncccc1C(=O)Nc1ccc(OC)cc1C. The van der Waals surface area contributed by atoms with Gasteiger partial charge in [0.1, 0.15) is 11.6 Å². The number of ether oxygens (including phenoxy) is 1. The van der Waals surface area contributed by atoms with Gasteiger partial charge in [0, 0.05) is 18.9 Å². The Morgan fingerprint density at radius 1 is 1.30 bits per heavy atom. The molecule has 2 rings (SSSR count). The number of rotatable bonds is 4. The second-order valence-corrected chi connectivity index (χ2v) is 4.28. The van der Waals surface area contributed by atoms with Gasteiger partial charge in [-0.15, -0.1) is 0 Å². The predicted molar refractivity (Wildman–Crippen MR) is 79.5 cm³/mol. The fraction of sp³-hybridized carbons (Fsp3) is 0.200. The summed E-state index contributed by atoms with van der Waals surface area (Å²) in [6.07, 6.45) is 1.64. The summed E-state index contributed by atoms with van der Waals surface area (Å²) in [5, 5.41) is 5.78. The number of aryl methyl sites for hydroxylation is 1.